The van der Waals surface area contributed by atoms with Gasteiger partial charge < -0.3 is 14.1 Å². The Morgan fingerprint density at radius 2 is 1.84 bits per heavy atom. The highest BCUT2D eigenvalue weighted by atomic mass is 16.6. The third-order valence-electron chi connectivity index (χ3n) is 5.78. The van der Waals surface area contributed by atoms with Crippen LogP contribution >= 0.6 is 0 Å². The van der Waals surface area contributed by atoms with Gasteiger partial charge in [-0.3, -0.25) is 19.5 Å². The van der Waals surface area contributed by atoms with Crippen LogP contribution in [-0.2, 0) is 14.3 Å². The van der Waals surface area contributed by atoms with Gasteiger partial charge in [0.25, 0.3) is 0 Å². The molecular weight excluding hydrogens is 402 g/mol. The SMILES string of the molecule is CC(C)(C)OC(=O)N1CCC(c2cccc3c2oc(=O)n3C2CCC(=O)NC2=O)CC1. The molecule has 2 aromatic rings. The Labute approximate surface area is 179 Å². The molecule has 1 atom stereocenters. The molecule has 2 aliphatic heterocycles. The lowest BCUT2D eigenvalue weighted by atomic mass is 9.89. The van der Waals surface area contributed by atoms with Crippen molar-refractivity contribution >= 4 is 29.0 Å². The van der Waals surface area contributed by atoms with E-state index in [0.717, 1.165) is 5.56 Å². The predicted molar refractivity (Wildman–Crippen MR) is 112 cm³/mol. The number of rotatable bonds is 2. The van der Waals surface area contributed by atoms with Gasteiger partial charge in [0.05, 0.1) is 5.52 Å². The zero-order valence-electron chi connectivity index (χ0n) is 18.0. The lowest BCUT2D eigenvalue weighted by Crippen LogP contribution is -2.43. The summed E-state index contributed by atoms with van der Waals surface area (Å²) >= 11 is 0. The molecule has 9 heteroatoms. The minimum absolute atomic E-state index is 0.114. The lowest BCUT2D eigenvalue weighted by molar-refractivity contribution is -0.135. The molecule has 31 heavy (non-hydrogen) atoms. The summed E-state index contributed by atoms with van der Waals surface area (Å²) in [6.07, 6.45) is 1.55. The van der Waals surface area contributed by atoms with Crippen LogP contribution in [0.25, 0.3) is 11.1 Å². The Kier molecular flexibility index (Phi) is 5.36. The second kappa shape index (κ2) is 7.86. The van der Waals surface area contributed by atoms with Crippen molar-refractivity contribution in [3.05, 3.63) is 34.3 Å². The van der Waals surface area contributed by atoms with E-state index in [2.05, 4.69) is 5.32 Å². The van der Waals surface area contributed by atoms with Crippen molar-refractivity contribution in [2.75, 3.05) is 13.1 Å². The maximum atomic E-state index is 12.6. The Balaban J connectivity index is 1.57. The number of ether oxygens (including phenoxy) is 1. The van der Waals surface area contributed by atoms with Crippen molar-refractivity contribution in [2.45, 2.75) is 64.0 Å². The lowest BCUT2D eigenvalue weighted by Gasteiger charge is -2.33. The fourth-order valence-corrected chi connectivity index (χ4v) is 4.32. The van der Waals surface area contributed by atoms with Crippen molar-refractivity contribution in [2.24, 2.45) is 0 Å². The molecule has 9 nitrogen and oxygen atoms in total. The molecule has 4 rings (SSSR count). The molecule has 1 unspecified atom stereocenters. The molecule has 2 fully saturated rings. The Bertz CT molecular complexity index is 1080. The van der Waals surface area contributed by atoms with Gasteiger partial charge in [-0.2, -0.15) is 0 Å². The number of para-hydroxylation sites is 1. The van der Waals surface area contributed by atoms with Gasteiger partial charge in [0, 0.05) is 25.1 Å². The number of fused-ring (bicyclic) bond motifs is 1. The first-order chi connectivity index (χ1) is 14.6. The van der Waals surface area contributed by atoms with Crippen LogP contribution in [0.5, 0.6) is 0 Å². The largest absolute Gasteiger partial charge is 0.444 e. The van der Waals surface area contributed by atoms with Gasteiger partial charge in [-0.1, -0.05) is 12.1 Å². The van der Waals surface area contributed by atoms with E-state index in [1.54, 1.807) is 11.0 Å². The maximum Gasteiger partial charge on any atom is 0.420 e. The van der Waals surface area contributed by atoms with E-state index in [4.69, 9.17) is 9.15 Å². The maximum absolute atomic E-state index is 12.6. The molecule has 1 aromatic carbocycles. The van der Waals surface area contributed by atoms with Gasteiger partial charge in [0.15, 0.2) is 5.58 Å². The van der Waals surface area contributed by atoms with Gasteiger partial charge in [0.1, 0.15) is 11.6 Å². The zero-order chi connectivity index (χ0) is 22.3. The number of likely N-dealkylation sites (tertiary alicyclic amines) is 1. The van der Waals surface area contributed by atoms with Crippen LogP contribution in [0.1, 0.15) is 64.0 Å². The number of hydrogen-bond donors (Lipinski definition) is 1. The molecule has 0 saturated carbocycles. The third-order valence-corrected chi connectivity index (χ3v) is 5.78. The van der Waals surface area contributed by atoms with Gasteiger partial charge in [-0.05, 0) is 52.0 Å². The van der Waals surface area contributed by atoms with Crippen molar-refractivity contribution < 1.29 is 23.5 Å². The number of carbonyl (C=O) groups is 3. The van der Waals surface area contributed by atoms with Gasteiger partial charge >= 0.3 is 11.8 Å². The second-order valence-corrected chi connectivity index (χ2v) is 9.14. The fraction of sp³-hybridized carbons (Fsp3) is 0.545. The normalized spacial score (nSPS) is 20.7. The number of piperidine rings is 2. The number of amides is 3. The molecule has 0 aliphatic carbocycles. The van der Waals surface area contributed by atoms with Crippen molar-refractivity contribution in [1.82, 2.24) is 14.8 Å². The van der Waals surface area contributed by atoms with Crippen molar-refractivity contribution in [3.8, 4) is 0 Å². The van der Waals surface area contributed by atoms with E-state index in [1.165, 1.54) is 4.57 Å². The molecule has 1 N–H and O–H groups in total. The van der Waals surface area contributed by atoms with Crippen LogP contribution in [0, 0.1) is 0 Å². The highest BCUT2D eigenvalue weighted by Gasteiger charge is 2.33. The molecule has 0 bridgehead atoms. The van der Waals surface area contributed by atoms with Crippen LogP contribution in [0.3, 0.4) is 0 Å². The first-order valence-electron chi connectivity index (χ1n) is 10.6. The Morgan fingerprint density at radius 1 is 1.13 bits per heavy atom. The summed E-state index contributed by atoms with van der Waals surface area (Å²) in [4.78, 5) is 50.4. The molecule has 0 spiro atoms. The molecule has 0 radical (unpaired) electrons. The quantitative estimate of drug-likeness (QED) is 0.735. The molecule has 2 saturated heterocycles. The molecule has 3 heterocycles. The van der Waals surface area contributed by atoms with Crippen molar-refractivity contribution in [3.63, 3.8) is 0 Å². The highest BCUT2D eigenvalue weighted by Crippen LogP contribution is 2.34. The van der Waals surface area contributed by atoms with Crippen LogP contribution in [0.4, 0.5) is 4.79 Å². The minimum Gasteiger partial charge on any atom is -0.444 e. The standard InChI is InChI=1S/C22H27N3O6/c1-22(2,3)31-20(28)24-11-9-13(10-12-24)14-5-4-6-15-18(14)30-21(29)25(15)16-7-8-17(26)23-19(16)27/h4-6,13,16H,7-12H2,1-3H3,(H,23,26,27). The number of nitrogens with one attached hydrogen (secondary N) is 1. The second-order valence-electron chi connectivity index (χ2n) is 9.14. The minimum atomic E-state index is -0.768. The number of nitrogens with zero attached hydrogens (tertiary/aromatic N) is 2. The topological polar surface area (TPSA) is 111 Å². The summed E-state index contributed by atoms with van der Waals surface area (Å²) in [7, 11) is 0. The fourth-order valence-electron chi connectivity index (χ4n) is 4.32. The number of carbonyl (C=O) groups excluding carboxylic acids is 3. The van der Waals surface area contributed by atoms with Crippen LogP contribution in [-0.4, -0.2) is 46.1 Å². The third kappa shape index (κ3) is 4.22. The average molecular weight is 429 g/mol. The summed E-state index contributed by atoms with van der Waals surface area (Å²) in [5.41, 5.74) is 1.37. The van der Waals surface area contributed by atoms with Crippen LogP contribution in [0.15, 0.2) is 27.4 Å². The summed E-state index contributed by atoms with van der Waals surface area (Å²) in [6, 6.07) is 4.75. The average Bonchev–Trinajstić information content (AvgIpc) is 3.03. The zero-order valence-corrected chi connectivity index (χ0v) is 18.0. The summed E-state index contributed by atoms with van der Waals surface area (Å²) in [5.74, 6) is -1.32. The van der Waals surface area contributed by atoms with Crippen molar-refractivity contribution in [1.29, 1.82) is 0 Å². The summed E-state index contributed by atoms with van der Waals surface area (Å²) < 4.78 is 12.4. The Hall–Kier alpha value is -3.10. The molecule has 2 aliphatic rings. The first kappa shape index (κ1) is 21.1. The van der Waals surface area contributed by atoms with E-state index >= 15 is 0 Å². The molecule has 1 aromatic heterocycles. The number of hydrogen-bond acceptors (Lipinski definition) is 6. The van der Waals surface area contributed by atoms with E-state index in [9.17, 15) is 19.2 Å². The smallest absolute Gasteiger partial charge is 0.420 e. The summed E-state index contributed by atoms with van der Waals surface area (Å²) in [5, 5.41) is 2.29. The molecular formula is C22H27N3O6. The molecule has 3 amide bonds. The van der Waals surface area contributed by atoms with Gasteiger partial charge in [-0.15, -0.1) is 0 Å². The van der Waals surface area contributed by atoms with Gasteiger partial charge in [-0.25, -0.2) is 9.59 Å². The summed E-state index contributed by atoms with van der Waals surface area (Å²) in [6.45, 7) is 6.62. The van der Waals surface area contributed by atoms with Crippen LogP contribution in [0.2, 0.25) is 0 Å². The first-order valence-corrected chi connectivity index (χ1v) is 10.6. The van der Waals surface area contributed by atoms with E-state index in [1.807, 2.05) is 32.9 Å². The number of imide groups is 1. The van der Waals surface area contributed by atoms with Gasteiger partial charge in [0.2, 0.25) is 11.8 Å². The monoisotopic (exact) mass is 429 g/mol. The van der Waals surface area contributed by atoms with E-state index in [-0.39, 0.29) is 30.8 Å². The highest BCUT2D eigenvalue weighted by molar-refractivity contribution is 6.00. The van der Waals surface area contributed by atoms with E-state index < -0.39 is 23.3 Å². The molecule has 166 valence electrons. The predicted octanol–water partition coefficient (Wildman–Crippen LogP) is 2.69. The number of aromatic nitrogens is 1. The number of benzene rings is 1. The van der Waals surface area contributed by atoms with Crippen LogP contribution < -0.4 is 11.1 Å². The number of oxazole rings is 1. The Morgan fingerprint density at radius 3 is 2.48 bits per heavy atom. The van der Waals surface area contributed by atoms with E-state index in [0.29, 0.717) is 37.0 Å².